The molecule has 1 nitrogen and oxygen atoms in total. The Labute approximate surface area is 132 Å². The molecule has 4 heteroatoms. The van der Waals surface area contributed by atoms with E-state index in [2.05, 4.69) is 6.58 Å². The zero-order chi connectivity index (χ0) is 14.7. The van der Waals surface area contributed by atoms with Crippen molar-refractivity contribution < 1.29 is 4.79 Å². The van der Waals surface area contributed by atoms with Gasteiger partial charge in [-0.25, -0.2) is 4.79 Å². The summed E-state index contributed by atoms with van der Waals surface area (Å²) in [5.41, 5.74) is 2.15. The van der Waals surface area contributed by atoms with Gasteiger partial charge in [0.15, 0.2) is 0 Å². The van der Waals surface area contributed by atoms with Crippen LogP contribution in [-0.2, 0) is 4.79 Å². The maximum absolute atomic E-state index is 11.3. The molecule has 20 heavy (non-hydrogen) atoms. The van der Waals surface area contributed by atoms with E-state index < -0.39 is 0 Å². The normalized spacial score (nSPS) is 9.95. The van der Waals surface area contributed by atoms with Gasteiger partial charge in [-0.1, -0.05) is 59.6 Å². The van der Waals surface area contributed by atoms with E-state index in [-0.39, 0.29) is 0 Å². The van der Waals surface area contributed by atoms with E-state index in [1.165, 1.54) is 0 Å². The molecule has 0 heterocycles. The fourth-order valence-electron chi connectivity index (χ4n) is 1.78. The lowest BCUT2D eigenvalue weighted by Gasteiger charge is -2.10. The first kappa shape index (κ1) is 14.9. The van der Waals surface area contributed by atoms with Crippen LogP contribution in [0.3, 0.4) is 0 Å². The molecule has 2 aromatic carbocycles. The largest absolute Gasteiger partial charge is 0.233 e. The van der Waals surface area contributed by atoms with Crippen molar-refractivity contribution >= 4 is 51.9 Å². The van der Waals surface area contributed by atoms with Crippen LogP contribution in [0.2, 0.25) is 15.1 Å². The maximum Gasteiger partial charge on any atom is 0.133 e. The number of benzene rings is 2. The SMILES string of the molecule is C=C(C(=C=O)c1ccc(Cl)cc1)c1ccc(Cl)cc1Cl. The van der Waals surface area contributed by atoms with E-state index in [1.807, 2.05) is 5.94 Å². The quantitative estimate of drug-likeness (QED) is 0.532. The molecule has 0 aliphatic rings. The third-order valence-electron chi connectivity index (χ3n) is 2.79. The lowest BCUT2D eigenvalue weighted by molar-refractivity contribution is 0.569. The van der Waals surface area contributed by atoms with Crippen LogP contribution in [0.5, 0.6) is 0 Å². The van der Waals surface area contributed by atoms with Crippen LogP contribution >= 0.6 is 34.8 Å². The van der Waals surface area contributed by atoms with Crippen molar-refractivity contribution in [2.24, 2.45) is 0 Å². The average Bonchev–Trinajstić information content (AvgIpc) is 2.41. The summed E-state index contributed by atoms with van der Waals surface area (Å²) >= 11 is 17.8. The zero-order valence-corrected chi connectivity index (χ0v) is 12.6. The maximum atomic E-state index is 11.3. The van der Waals surface area contributed by atoms with Gasteiger partial charge in [0, 0.05) is 20.6 Å². The number of allylic oxidation sites excluding steroid dienone is 2. The first-order chi connectivity index (χ1) is 9.52. The van der Waals surface area contributed by atoms with Gasteiger partial charge in [0.25, 0.3) is 0 Å². The second-order valence-electron chi connectivity index (χ2n) is 4.09. The summed E-state index contributed by atoms with van der Waals surface area (Å²) in [6, 6.07) is 11.9. The molecule has 0 unspecified atom stereocenters. The van der Waals surface area contributed by atoms with Gasteiger partial charge in [-0.05, 0) is 35.4 Å². The van der Waals surface area contributed by atoms with Gasteiger partial charge in [-0.3, -0.25) is 0 Å². The molecule has 0 bridgehead atoms. The van der Waals surface area contributed by atoms with Crippen molar-refractivity contribution in [2.75, 3.05) is 0 Å². The molecular weight excluding hydrogens is 315 g/mol. The first-order valence-corrected chi connectivity index (χ1v) is 6.82. The molecule has 0 saturated carbocycles. The highest BCUT2D eigenvalue weighted by atomic mass is 35.5. The predicted molar refractivity (Wildman–Crippen MR) is 86.0 cm³/mol. The molecule has 0 fully saturated rings. The monoisotopic (exact) mass is 322 g/mol. The molecule has 0 atom stereocenters. The Bertz CT molecular complexity index is 711. The zero-order valence-electron chi connectivity index (χ0n) is 10.3. The minimum absolute atomic E-state index is 0.339. The van der Waals surface area contributed by atoms with Crippen molar-refractivity contribution in [3.8, 4) is 0 Å². The Balaban J connectivity index is 2.45. The molecule has 2 aromatic rings. The molecule has 100 valence electrons. The second kappa shape index (κ2) is 6.30. The highest BCUT2D eigenvalue weighted by Crippen LogP contribution is 2.33. The minimum atomic E-state index is 0.339. The average molecular weight is 324 g/mol. The predicted octanol–water partition coefficient (Wildman–Crippen LogP) is 5.58. The Morgan fingerprint density at radius 1 is 0.950 bits per heavy atom. The summed E-state index contributed by atoms with van der Waals surface area (Å²) in [5.74, 6) is 1.91. The lowest BCUT2D eigenvalue weighted by atomic mass is 9.95. The second-order valence-corrected chi connectivity index (χ2v) is 5.37. The molecule has 0 saturated heterocycles. The summed E-state index contributed by atoms with van der Waals surface area (Å²) in [6.07, 6.45) is 0. The number of hydrogen-bond donors (Lipinski definition) is 0. The summed E-state index contributed by atoms with van der Waals surface area (Å²) in [4.78, 5) is 11.3. The molecule has 0 spiro atoms. The minimum Gasteiger partial charge on any atom is -0.233 e. The van der Waals surface area contributed by atoms with E-state index in [0.29, 0.717) is 37.3 Å². The Hall–Kier alpha value is -1.50. The van der Waals surface area contributed by atoms with E-state index in [1.54, 1.807) is 42.5 Å². The van der Waals surface area contributed by atoms with Gasteiger partial charge in [0.1, 0.15) is 5.94 Å². The molecule has 0 amide bonds. The van der Waals surface area contributed by atoms with Crippen LogP contribution in [0.25, 0.3) is 11.1 Å². The Kier molecular flexibility index (Phi) is 4.69. The van der Waals surface area contributed by atoms with Crippen molar-refractivity contribution in [3.63, 3.8) is 0 Å². The van der Waals surface area contributed by atoms with Gasteiger partial charge in [-0.2, -0.15) is 0 Å². The van der Waals surface area contributed by atoms with Crippen LogP contribution < -0.4 is 0 Å². The van der Waals surface area contributed by atoms with E-state index in [0.717, 1.165) is 0 Å². The molecule has 0 radical (unpaired) electrons. The fraction of sp³-hybridized carbons (Fsp3) is 0. The van der Waals surface area contributed by atoms with Crippen LogP contribution in [0.1, 0.15) is 11.1 Å². The van der Waals surface area contributed by atoms with Crippen LogP contribution in [-0.4, -0.2) is 5.94 Å². The van der Waals surface area contributed by atoms with Gasteiger partial charge in [0.2, 0.25) is 0 Å². The summed E-state index contributed by atoms with van der Waals surface area (Å²) in [5, 5.41) is 1.55. The standard InChI is InChI=1S/C16H9Cl3O/c1-10(14-7-6-13(18)8-16(14)19)15(9-20)11-2-4-12(17)5-3-11/h2-8H,1H2. The first-order valence-electron chi connectivity index (χ1n) is 5.68. The van der Waals surface area contributed by atoms with Crippen molar-refractivity contribution in [1.29, 1.82) is 0 Å². The van der Waals surface area contributed by atoms with E-state index >= 15 is 0 Å². The van der Waals surface area contributed by atoms with Crippen molar-refractivity contribution in [2.45, 2.75) is 0 Å². The Morgan fingerprint density at radius 3 is 2.10 bits per heavy atom. The van der Waals surface area contributed by atoms with E-state index in [9.17, 15) is 4.79 Å². The lowest BCUT2D eigenvalue weighted by Crippen LogP contribution is -1.91. The molecule has 0 aromatic heterocycles. The third-order valence-corrected chi connectivity index (χ3v) is 3.59. The number of carbonyl (C=O) groups excluding carboxylic acids is 1. The summed E-state index contributed by atoms with van der Waals surface area (Å²) < 4.78 is 0. The summed E-state index contributed by atoms with van der Waals surface area (Å²) in [6.45, 7) is 3.93. The van der Waals surface area contributed by atoms with Crippen molar-refractivity contribution in [3.05, 3.63) is 75.2 Å². The molecule has 0 N–H and O–H groups in total. The number of halogens is 3. The third kappa shape index (κ3) is 3.15. The smallest absolute Gasteiger partial charge is 0.133 e. The molecule has 0 aliphatic carbocycles. The fourth-order valence-corrected chi connectivity index (χ4v) is 2.43. The van der Waals surface area contributed by atoms with Crippen LogP contribution in [0.4, 0.5) is 0 Å². The van der Waals surface area contributed by atoms with Crippen LogP contribution in [0.15, 0.2) is 49.0 Å². The van der Waals surface area contributed by atoms with Gasteiger partial charge < -0.3 is 0 Å². The Morgan fingerprint density at radius 2 is 1.55 bits per heavy atom. The molecule has 0 aliphatic heterocycles. The highest BCUT2D eigenvalue weighted by molar-refractivity contribution is 6.36. The number of hydrogen-bond acceptors (Lipinski definition) is 1. The highest BCUT2D eigenvalue weighted by Gasteiger charge is 2.13. The topological polar surface area (TPSA) is 17.1 Å². The summed E-state index contributed by atoms with van der Waals surface area (Å²) in [7, 11) is 0. The molecular formula is C16H9Cl3O. The van der Waals surface area contributed by atoms with E-state index in [4.69, 9.17) is 34.8 Å². The van der Waals surface area contributed by atoms with Crippen LogP contribution in [0, 0.1) is 0 Å². The van der Waals surface area contributed by atoms with Gasteiger partial charge in [0.05, 0.1) is 5.57 Å². The molecule has 2 rings (SSSR count). The number of rotatable bonds is 3. The van der Waals surface area contributed by atoms with Gasteiger partial charge >= 0.3 is 0 Å². The van der Waals surface area contributed by atoms with Crippen molar-refractivity contribution in [1.82, 2.24) is 0 Å². The van der Waals surface area contributed by atoms with Gasteiger partial charge in [-0.15, -0.1) is 0 Å².